The van der Waals surface area contributed by atoms with Gasteiger partial charge in [0.1, 0.15) is 11.4 Å². The molecule has 1 aliphatic heterocycles. The number of anilines is 1. The van der Waals surface area contributed by atoms with Crippen molar-refractivity contribution in [1.29, 1.82) is 0 Å². The minimum Gasteiger partial charge on any atom is -0.504 e. The number of para-hydroxylation sites is 1. The molecule has 9 nitrogen and oxygen atoms in total. The number of aromatic nitrogens is 2. The molecule has 3 aromatic carbocycles. The number of aliphatic hydroxyl groups excluding tert-OH is 1. The van der Waals surface area contributed by atoms with Crippen LogP contribution in [0.5, 0.6) is 11.5 Å². The highest BCUT2D eigenvalue weighted by Gasteiger charge is 2.47. The van der Waals surface area contributed by atoms with Crippen molar-refractivity contribution in [1.82, 2.24) is 10.2 Å². The minimum atomic E-state index is -1.12. The summed E-state index contributed by atoms with van der Waals surface area (Å²) in [5.74, 6) is -2.18. The van der Waals surface area contributed by atoms with Gasteiger partial charge in [-0.2, -0.15) is 0 Å². The van der Waals surface area contributed by atoms with Crippen LogP contribution in [0.4, 0.5) is 9.52 Å². The van der Waals surface area contributed by atoms with Crippen LogP contribution in [0.3, 0.4) is 0 Å². The molecule has 41 heavy (non-hydrogen) atoms. The van der Waals surface area contributed by atoms with Gasteiger partial charge in [-0.3, -0.25) is 14.5 Å². The molecule has 2 aromatic heterocycles. The van der Waals surface area contributed by atoms with Crippen LogP contribution in [0, 0.1) is 5.82 Å². The van der Waals surface area contributed by atoms with Gasteiger partial charge in [0.2, 0.25) is 10.9 Å². The number of amides is 1. The Hall–Kier alpha value is -4.68. The first-order chi connectivity index (χ1) is 19.8. The molecule has 1 aliphatic rings. The molecule has 206 valence electrons. The summed E-state index contributed by atoms with van der Waals surface area (Å²) in [5.41, 5.74) is 1.52. The maximum Gasteiger partial charge on any atom is 0.296 e. The highest BCUT2D eigenvalue weighted by molar-refractivity contribution is 8.00. The monoisotopic (exact) mass is 589 g/mol. The zero-order valence-corrected chi connectivity index (χ0v) is 22.9. The number of ketones is 1. The van der Waals surface area contributed by atoms with Crippen molar-refractivity contribution >= 4 is 50.9 Å². The Morgan fingerprint density at radius 1 is 1.10 bits per heavy atom. The van der Waals surface area contributed by atoms with E-state index >= 15 is 0 Å². The molecule has 0 bridgehead atoms. The molecule has 1 unspecified atom stereocenters. The van der Waals surface area contributed by atoms with Gasteiger partial charge in [0.05, 0.1) is 18.7 Å². The van der Waals surface area contributed by atoms with Crippen LogP contribution < -0.4 is 9.64 Å². The van der Waals surface area contributed by atoms with Gasteiger partial charge >= 0.3 is 0 Å². The van der Waals surface area contributed by atoms with Gasteiger partial charge in [0.15, 0.2) is 27.4 Å². The van der Waals surface area contributed by atoms with Crippen molar-refractivity contribution in [2.24, 2.45) is 0 Å². The van der Waals surface area contributed by atoms with Crippen molar-refractivity contribution in [3.63, 3.8) is 0 Å². The molecule has 5 aromatic rings. The number of methoxy groups -OCH3 is 1. The number of benzene rings is 3. The lowest BCUT2D eigenvalue weighted by molar-refractivity contribution is -0.117. The largest absolute Gasteiger partial charge is 0.504 e. The fourth-order valence-corrected chi connectivity index (χ4v) is 6.35. The lowest BCUT2D eigenvalue weighted by atomic mass is 9.95. The maximum absolute atomic E-state index is 13.8. The number of fused-ring (bicyclic) bond motifs is 1. The molecular weight excluding hydrogens is 569 g/mol. The number of thioether (sulfide) groups is 1. The summed E-state index contributed by atoms with van der Waals surface area (Å²) in [4.78, 5) is 28.5. The topological polar surface area (TPSA) is 126 Å². The molecule has 0 aliphatic carbocycles. The number of hydrogen-bond donors (Lipinski definition) is 2. The highest BCUT2D eigenvalue weighted by atomic mass is 32.2. The molecule has 0 saturated carbocycles. The number of halogens is 1. The van der Waals surface area contributed by atoms with Gasteiger partial charge < -0.3 is 19.4 Å². The normalized spacial score (nSPS) is 15.2. The first-order valence-electron chi connectivity index (χ1n) is 12.2. The zero-order valence-electron chi connectivity index (χ0n) is 21.3. The van der Waals surface area contributed by atoms with Crippen molar-refractivity contribution in [3.05, 3.63) is 107 Å². The number of aromatic hydroxyl groups is 1. The first-order valence-corrected chi connectivity index (χ1v) is 14.0. The standard InChI is InChI=1S/C29H20FN3O6S2/c1-38-21-13-17(8-11-19(21)34)24-23(25(35)22-12-16-4-2-3-5-20(16)39-22)26(36)27(37)33(24)28-31-32-29(41-28)40-14-15-6-9-18(30)10-7-15/h2-13,24,34,36H,14H2,1H3. The van der Waals surface area contributed by atoms with E-state index < -0.39 is 23.5 Å². The summed E-state index contributed by atoms with van der Waals surface area (Å²) < 4.78 is 24.8. The van der Waals surface area contributed by atoms with Crippen LogP contribution in [-0.2, 0) is 10.5 Å². The Kier molecular flexibility index (Phi) is 6.93. The van der Waals surface area contributed by atoms with Gasteiger partial charge in [0, 0.05) is 11.1 Å². The molecule has 0 radical (unpaired) electrons. The Labute approximate surface area is 240 Å². The Balaban J connectivity index is 1.38. The van der Waals surface area contributed by atoms with Crippen LogP contribution in [0.25, 0.3) is 11.0 Å². The number of hydrogen-bond acceptors (Lipinski definition) is 10. The van der Waals surface area contributed by atoms with E-state index in [2.05, 4.69) is 10.2 Å². The summed E-state index contributed by atoms with van der Waals surface area (Å²) in [5, 5.41) is 30.4. The van der Waals surface area contributed by atoms with E-state index in [-0.39, 0.29) is 33.8 Å². The number of ether oxygens (including phenoxy) is 1. The van der Waals surface area contributed by atoms with Crippen molar-refractivity contribution in [2.45, 2.75) is 16.1 Å². The summed E-state index contributed by atoms with van der Waals surface area (Å²) in [7, 11) is 1.37. The third-order valence-corrected chi connectivity index (χ3v) is 8.63. The summed E-state index contributed by atoms with van der Waals surface area (Å²) in [6.07, 6.45) is 0. The number of rotatable bonds is 8. The van der Waals surface area contributed by atoms with E-state index in [1.54, 1.807) is 42.5 Å². The third-order valence-electron chi connectivity index (χ3n) is 6.50. The molecule has 1 atom stereocenters. The fraction of sp³-hybridized carbons (Fsp3) is 0.103. The second-order valence-electron chi connectivity index (χ2n) is 9.01. The van der Waals surface area contributed by atoms with Gasteiger partial charge in [-0.25, -0.2) is 4.39 Å². The van der Waals surface area contributed by atoms with Crippen molar-refractivity contribution in [3.8, 4) is 11.5 Å². The summed E-state index contributed by atoms with van der Waals surface area (Å²) in [6.45, 7) is 0. The number of aliphatic hydroxyl groups is 1. The van der Waals surface area contributed by atoms with Crippen molar-refractivity contribution < 1.29 is 33.3 Å². The van der Waals surface area contributed by atoms with Gasteiger partial charge in [-0.05, 0) is 47.5 Å². The fourth-order valence-electron chi connectivity index (χ4n) is 4.52. The van der Waals surface area contributed by atoms with E-state index in [1.807, 2.05) is 0 Å². The molecule has 6 rings (SSSR count). The first kappa shape index (κ1) is 26.5. The average molecular weight is 590 g/mol. The van der Waals surface area contributed by atoms with E-state index in [0.29, 0.717) is 26.6 Å². The van der Waals surface area contributed by atoms with Crippen LogP contribution in [0.1, 0.15) is 27.7 Å². The smallest absolute Gasteiger partial charge is 0.296 e. The number of Topliss-reactive ketones (excluding diaryl/α,β-unsaturated/α-hetero) is 1. The number of phenols is 1. The van der Waals surface area contributed by atoms with Gasteiger partial charge in [-0.1, -0.05) is 59.5 Å². The van der Waals surface area contributed by atoms with Crippen LogP contribution >= 0.6 is 23.1 Å². The van der Waals surface area contributed by atoms with Crippen LogP contribution in [0.2, 0.25) is 0 Å². The van der Waals surface area contributed by atoms with Gasteiger partial charge in [0.25, 0.3) is 5.91 Å². The van der Waals surface area contributed by atoms with Crippen LogP contribution in [-0.4, -0.2) is 39.2 Å². The molecule has 1 amide bonds. The molecule has 12 heteroatoms. The van der Waals surface area contributed by atoms with E-state index in [9.17, 15) is 24.2 Å². The Bertz CT molecular complexity index is 1800. The lowest BCUT2D eigenvalue weighted by Gasteiger charge is -2.24. The molecule has 3 heterocycles. The molecule has 0 saturated heterocycles. The number of carbonyl (C=O) groups excluding carboxylic acids is 2. The molecular formula is C29H20FN3O6S2. The number of nitrogens with zero attached hydrogens (tertiary/aromatic N) is 3. The maximum atomic E-state index is 13.8. The molecule has 0 spiro atoms. The minimum absolute atomic E-state index is 0.0500. The second-order valence-corrected chi connectivity index (χ2v) is 11.2. The predicted molar refractivity (Wildman–Crippen MR) is 151 cm³/mol. The van der Waals surface area contributed by atoms with Crippen molar-refractivity contribution in [2.75, 3.05) is 12.0 Å². The highest BCUT2D eigenvalue weighted by Crippen LogP contribution is 2.45. The SMILES string of the molecule is COc1cc(C2C(C(=O)c3cc4ccccc4o3)=C(O)C(=O)N2c2nnc(SCc3ccc(F)cc3)s2)ccc1O. The second kappa shape index (κ2) is 10.7. The van der Waals surface area contributed by atoms with E-state index in [4.69, 9.17) is 9.15 Å². The number of phenolic OH excluding ortho intramolecular Hbond substituents is 1. The number of carbonyl (C=O) groups is 2. The zero-order chi connectivity index (χ0) is 28.7. The predicted octanol–water partition coefficient (Wildman–Crippen LogP) is 6.21. The van der Waals surface area contributed by atoms with E-state index in [0.717, 1.165) is 16.9 Å². The van der Waals surface area contributed by atoms with Crippen LogP contribution in [0.15, 0.2) is 92.9 Å². The summed E-state index contributed by atoms with van der Waals surface area (Å²) >= 11 is 2.45. The van der Waals surface area contributed by atoms with E-state index in [1.165, 1.54) is 54.1 Å². The summed E-state index contributed by atoms with van der Waals surface area (Å²) in [6, 6.07) is 17.9. The molecule has 0 fully saturated rings. The molecule has 2 N–H and O–H groups in total. The lowest BCUT2D eigenvalue weighted by Crippen LogP contribution is -2.31. The third kappa shape index (κ3) is 4.92. The average Bonchev–Trinajstić information content (AvgIpc) is 3.69. The Morgan fingerprint density at radius 3 is 2.63 bits per heavy atom. The number of furan rings is 1. The van der Waals surface area contributed by atoms with Gasteiger partial charge in [-0.15, -0.1) is 10.2 Å². The Morgan fingerprint density at radius 2 is 1.88 bits per heavy atom. The quantitative estimate of drug-likeness (QED) is 0.123.